The lowest BCUT2D eigenvalue weighted by atomic mass is 10.2. The first kappa shape index (κ1) is 12.2. The average Bonchev–Trinajstić information content (AvgIpc) is 3.04. The molecule has 0 unspecified atom stereocenters. The third-order valence-electron chi connectivity index (χ3n) is 2.85. The summed E-state index contributed by atoms with van der Waals surface area (Å²) >= 11 is 0. The van der Waals surface area contributed by atoms with Crippen molar-refractivity contribution in [3.8, 4) is 5.75 Å². The fourth-order valence-corrected chi connectivity index (χ4v) is 1.96. The molecule has 102 valence electrons. The molecule has 0 aliphatic rings. The van der Waals surface area contributed by atoms with Gasteiger partial charge < -0.3 is 9.84 Å². The molecule has 0 radical (unpaired) electrons. The van der Waals surface area contributed by atoms with E-state index in [1.807, 2.05) is 23.1 Å². The quantitative estimate of drug-likeness (QED) is 0.580. The van der Waals surface area contributed by atoms with Crippen molar-refractivity contribution in [2.75, 3.05) is 0 Å². The summed E-state index contributed by atoms with van der Waals surface area (Å²) in [7, 11) is 0. The number of hydrogen-bond donors (Lipinski definition) is 1. The Labute approximate surface area is 114 Å². The number of carbonyl (C=O) groups is 1. The molecular formula is C13H12N4O3. The van der Waals surface area contributed by atoms with Gasteiger partial charge in [-0.1, -0.05) is 0 Å². The molecule has 7 nitrogen and oxygen atoms in total. The molecule has 3 aromatic rings. The van der Waals surface area contributed by atoms with Gasteiger partial charge in [-0.3, -0.25) is 9.36 Å². The normalized spacial score (nSPS) is 10.8. The highest BCUT2D eigenvalue weighted by Gasteiger charge is 2.05. The third-order valence-corrected chi connectivity index (χ3v) is 2.85. The average molecular weight is 272 g/mol. The fourth-order valence-electron chi connectivity index (χ4n) is 1.96. The van der Waals surface area contributed by atoms with Gasteiger partial charge in [0.05, 0.1) is 18.6 Å². The Hall–Kier alpha value is -2.83. The van der Waals surface area contributed by atoms with Crippen LogP contribution in [0.3, 0.4) is 0 Å². The molecule has 1 N–H and O–H groups in total. The van der Waals surface area contributed by atoms with E-state index in [0.717, 1.165) is 11.9 Å². The van der Waals surface area contributed by atoms with Crippen molar-refractivity contribution in [2.45, 2.75) is 13.1 Å². The zero-order valence-corrected chi connectivity index (χ0v) is 10.5. The Balaban J connectivity index is 1.77. The summed E-state index contributed by atoms with van der Waals surface area (Å²) in [4.78, 5) is 10.5. The van der Waals surface area contributed by atoms with Crippen LogP contribution >= 0.6 is 0 Å². The highest BCUT2D eigenvalue weighted by molar-refractivity contribution is 5.80. The summed E-state index contributed by atoms with van der Waals surface area (Å²) in [5, 5.41) is 18.0. The van der Waals surface area contributed by atoms with E-state index in [4.69, 9.17) is 5.11 Å². The minimum absolute atomic E-state index is 0.266. The number of nitrogens with zero attached hydrogens (tertiary/aromatic N) is 4. The van der Waals surface area contributed by atoms with Crippen LogP contribution in [0.25, 0.3) is 10.9 Å². The Bertz CT molecular complexity index is 733. The third kappa shape index (κ3) is 2.61. The fraction of sp³-hybridized carbons (Fsp3) is 0.154. The molecule has 1 aromatic carbocycles. The smallest absolute Gasteiger partial charge is 0.449 e. The van der Waals surface area contributed by atoms with Gasteiger partial charge in [0.2, 0.25) is 0 Å². The minimum atomic E-state index is -1.33. The molecule has 0 amide bonds. The summed E-state index contributed by atoms with van der Waals surface area (Å²) in [5.74, 6) is 0.266. The predicted octanol–water partition coefficient (Wildman–Crippen LogP) is 1.99. The molecule has 0 saturated heterocycles. The molecular weight excluding hydrogens is 260 g/mol. The first-order chi connectivity index (χ1) is 9.70. The Morgan fingerprint density at radius 2 is 2.15 bits per heavy atom. The summed E-state index contributed by atoms with van der Waals surface area (Å²) in [6.07, 6.45) is 4.20. The maximum Gasteiger partial charge on any atom is 0.511 e. The first-order valence-corrected chi connectivity index (χ1v) is 6.06. The standard InChI is InChI=1S/C13H12N4O3/c18-13(19)20-11-3-2-10-9-17(15-12(10)8-11)7-6-16-5-1-4-14-16/h1-5,8-9H,6-7H2,(H,18,19). The molecule has 0 atom stereocenters. The summed E-state index contributed by atoms with van der Waals surface area (Å²) in [6, 6.07) is 6.87. The van der Waals surface area contributed by atoms with Crippen LogP contribution < -0.4 is 4.74 Å². The molecule has 0 aliphatic heterocycles. The van der Waals surface area contributed by atoms with E-state index in [1.165, 1.54) is 0 Å². The molecule has 0 aliphatic carbocycles. The van der Waals surface area contributed by atoms with Gasteiger partial charge in [0.15, 0.2) is 0 Å². The van der Waals surface area contributed by atoms with Crippen molar-refractivity contribution in [3.05, 3.63) is 42.9 Å². The van der Waals surface area contributed by atoms with E-state index in [9.17, 15) is 4.79 Å². The molecule has 2 aromatic heterocycles. The maximum atomic E-state index is 10.5. The van der Waals surface area contributed by atoms with E-state index in [0.29, 0.717) is 12.1 Å². The maximum absolute atomic E-state index is 10.5. The van der Waals surface area contributed by atoms with E-state index in [2.05, 4.69) is 14.9 Å². The van der Waals surface area contributed by atoms with Crippen molar-refractivity contribution in [1.29, 1.82) is 0 Å². The zero-order chi connectivity index (χ0) is 13.9. The van der Waals surface area contributed by atoms with Gasteiger partial charge in [-0.2, -0.15) is 10.2 Å². The molecule has 20 heavy (non-hydrogen) atoms. The number of carboxylic acid groups (broad SMARTS) is 1. The van der Waals surface area contributed by atoms with Crippen molar-refractivity contribution < 1.29 is 14.6 Å². The number of benzene rings is 1. The number of aromatic nitrogens is 4. The second-order valence-electron chi connectivity index (χ2n) is 4.25. The molecule has 0 saturated carbocycles. The van der Waals surface area contributed by atoms with Crippen LogP contribution in [0.15, 0.2) is 42.9 Å². The summed E-state index contributed by atoms with van der Waals surface area (Å²) in [6.45, 7) is 1.41. The summed E-state index contributed by atoms with van der Waals surface area (Å²) in [5.41, 5.74) is 0.698. The van der Waals surface area contributed by atoms with Gasteiger partial charge in [0.1, 0.15) is 5.75 Å². The van der Waals surface area contributed by atoms with Crippen LogP contribution in [-0.2, 0) is 13.1 Å². The zero-order valence-electron chi connectivity index (χ0n) is 10.5. The lowest BCUT2D eigenvalue weighted by Gasteiger charge is -2.01. The second kappa shape index (κ2) is 5.04. The number of ether oxygens (including phenoxy) is 1. The lowest BCUT2D eigenvalue weighted by molar-refractivity contribution is 0.144. The first-order valence-electron chi connectivity index (χ1n) is 6.06. The summed E-state index contributed by atoms with van der Waals surface area (Å²) < 4.78 is 8.23. The molecule has 0 spiro atoms. The molecule has 0 bridgehead atoms. The van der Waals surface area contributed by atoms with Gasteiger partial charge in [-0.25, -0.2) is 4.79 Å². The topological polar surface area (TPSA) is 82.2 Å². The van der Waals surface area contributed by atoms with Crippen molar-refractivity contribution in [3.63, 3.8) is 0 Å². The van der Waals surface area contributed by atoms with Crippen LogP contribution in [0.1, 0.15) is 0 Å². The number of fused-ring (bicyclic) bond motifs is 1. The van der Waals surface area contributed by atoms with Gasteiger partial charge in [0.25, 0.3) is 0 Å². The monoisotopic (exact) mass is 272 g/mol. The lowest BCUT2D eigenvalue weighted by Crippen LogP contribution is -2.07. The second-order valence-corrected chi connectivity index (χ2v) is 4.25. The highest BCUT2D eigenvalue weighted by Crippen LogP contribution is 2.19. The van der Waals surface area contributed by atoms with Crippen LogP contribution in [0.4, 0.5) is 4.79 Å². The number of aryl methyl sites for hydroxylation is 2. The Kier molecular flexibility index (Phi) is 3.08. The van der Waals surface area contributed by atoms with E-state index < -0.39 is 6.16 Å². The highest BCUT2D eigenvalue weighted by atomic mass is 16.7. The van der Waals surface area contributed by atoms with Crippen molar-refractivity contribution in [2.24, 2.45) is 0 Å². The van der Waals surface area contributed by atoms with Gasteiger partial charge in [0, 0.05) is 30.0 Å². The van der Waals surface area contributed by atoms with Gasteiger partial charge in [-0.05, 0) is 18.2 Å². The van der Waals surface area contributed by atoms with E-state index >= 15 is 0 Å². The Morgan fingerprint density at radius 1 is 1.30 bits per heavy atom. The largest absolute Gasteiger partial charge is 0.511 e. The minimum Gasteiger partial charge on any atom is -0.449 e. The van der Waals surface area contributed by atoms with Gasteiger partial charge >= 0.3 is 6.16 Å². The van der Waals surface area contributed by atoms with Crippen LogP contribution in [0.2, 0.25) is 0 Å². The Morgan fingerprint density at radius 3 is 2.90 bits per heavy atom. The number of hydrogen-bond acceptors (Lipinski definition) is 4. The van der Waals surface area contributed by atoms with Crippen LogP contribution in [-0.4, -0.2) is 30.8 Å². The van der Waals surface area contributed by atoms with E-state index in [-0.39, 0.29) is 5.75 Å². The molecule has 2 heterocycles. The molecule has 3 rings (SSSR count). The van der Waals surface area contributed by atoms with E-state index in [1.54, 1.807) is 29.1 Å². The number of rotatable bonds is 4. The van der Waals surface area contributed by atoms with Crippen LogP contribution in [0, 0.1) is 0 Å². The molecule has 7 heteroatoms. The molecule has 0 fully saturated rings. The predicted molar refractivity (Wildman–Crippen MR) is 70.6 cm³/mol. The van der Waals surface area contributed by atoms with Gasteiger partial charge in [-0.15, -0.1) is 0 Å². The SMILES string of the molecule is O=C(O)Oc1ccc2cn(CCn3cccn3)nc2c1. The van der Waals surface area contributed by atoms with Crippen molar-refractivity contribution >= 4 is 17.1 Å². The van der Waals surface area contributed by atoms with Crippen LogP contribution in [0.5, 0.6) is 5.75 Å². The van der Waals surface area contributed by atoms with Crippen molar-refractivity contribution in [1.82, 2.24) is 19.6 Å².